The van der Waals surface area contributed by atoms with Gasteiger partial charge in [-0.15, -0.1) is 24.0 Å². The third kappa shape index (κ3) is 7.10. The summed E-state index contributed by atoms with van der Waals surface area (Å²) < 4.78 is 14.0. The summed E-state index contributed by atoms with van der Waals surface area (Å²) in [4.78, 5) is 4.11. The van der Waals surface area contributed by atoms with E-state index >= 15 is 0 Å². The molecule has 0 spiro atoms. The summed E-state index contributed by atoms with van der Waals surface area (Å²) >= 11 is 3.40. The van der Waals surface area contributed by atoms with Crippen LogP contribution in [0.3, 0.4) is 0 Å². The molecule has 1 aromatic carbocycles. The van der Waals surface area contributed by atoms with Gasteiger partial charge in [0.2, 0.25) is 0 Å². The van der Waals surface area contributed by atoms with Gasteiger partial charge < -0.3 is 10.6 Å². The topological polar surface area (TPSA) is 36.4 Å². The minimum atomic E-state index is -0.236. The van der Waals surface area contributed by atoms with Crippen molar-refractivity contribution in [2.75, 3.05) is 13.6 Å². The van der Waals surface area contributed by atoms with Gasteiger partial charge in [0.05, 0.1) is 0 Å². The van der Waals surface area contributed by atoms with Crippen LogP contribution in [0.15, 0.2) is 27.7 Å². The molecule has 0 radical (unpaired) electrons. The van der Waals surface area contributed by atoms with Crippen LogP contribution in [0, 0.1) is 11.7 Å². The number of hydrogen-bond acceptors (Lipinski definition) is 1. The lowest BCUT2D eigenvalue weighted by Gasteiger charge is -2.14. The Morgan fingerprint density at radius 3 is 2.63 bits per heavy atom. The van der Waals surface area contributed by atoms with Crippen LogP contribution in [-0.2, 0) is 6.54 Å². The number of nitrogens with one attached hydrogen (secondary N) is 2. The van der Waals surface area contributed by atoms with Gasteiger partial charge in [-0.2, -0.15) is 0 Å². The van der Waals surface area contributed by atoms with Crippen molar-refractivity contribution >= 4 is 45.9 Å². The molecule has 0 amide bonds. The third-order valence-electron chi connectivity index (χ3n) is 2.36. The van der Waals surface area contributed by atoms with Crippen molar-refractivity contribution in [3.63, 3.8) is 0 Å². The van der Waals surface area contributed by atoms with Crippen LogP contribution in [-0.4, -0.2) is 19.6 Å². The molecular weight excluding hydrogens is 424 g/mol. The van der Waals surface area contributed by atoms with Crippen molar-refractivity contribution in [2.24, 2.45) is 10.9 Å². The molecule has 6 heteroatoms. The van der Waals surface area contributed by atoms with Crippen molar-refractivity contribution < 1.29 is 4.39 Å². The maximum Gasteiger partial charge on any atom is 0.191 e. The van der Waals surface area contributed by atoms with Gasteiger partial charge in [0, 0.05) is 24.6 Å². The van der Waals surface area contributed by atoms with Gasteiger partial charge in [-0.05, 0) is 29.7 Å². The first-order valence-electron chi connectivity index (χ1n) is 5.91. The highest BCUT2D eigenvalue weighted by Crippen LogP contribution is 2.17. The second-order valence-corrected chi connectivity index (χ2v) is 5.29. The zero-order valence-electron chi connectivity index (χ0n) is 11.3. The molecule has 1 aromatic rings. The van der Waals surface area contributed by atoms with Crippen molar-refractivity contribution in [2.45, 2.75) is 20.4 Å². The van der Waals surface area contributed by atoms with E-state index in [1.165, 1.54) is 12.1 Å². The zero-order valence-corrected chi connectivity index (χ0v) is 15.3. The summed E-state index contributed by atoms with van der Waals surface area (Å²) in [6, 6.07) is 4.64. The number of aliphatic imine (C=N–C) groups is 1. The highest BCUT2D eigenvalue weighted by Gasteiger charge is 2.04. The molecule has 0 atom stereocenters. The van der Waals surface area contributed by atoms with Crippen LogP contribution in [0.25, 0.3) is 0 Å². The Bertz CT molecular complexity index is 424. The Balaban J connectivity index is 0.00000324. The van der Waals surface area contributed by atoms with E-state index < -0.39 is 0 Å². The van der Waals surface area contributed by atoms with E-state index in [0.29, 0.717) is 12.5 Å². The Kier molecular flexibility index (Phi) is 9.34. The third-order valence-corrected chi connectivity index (χ3v) is 3.13. The number of nitrogens with zero attached hydrogens (tertiary/aromatic N) is 1. The predicted molar refractivity (Wildman–Crippen MR) is 92.6 cm³/mol. The number of halogens is 3. The van der Waals surface area contributed by atoms with Gasteiger partial charge in [-0.25, -0.2) is 4.39 Å². The molecule has 1 rings (SSSR count). The second kappa shape index (κ2) is 9.52. The summed E-state index contributed by atoms with van der Waals surface area (Å²) in [5.74, 6) is 1.03. The lowest BCUT2D eigenvalue weighted by Crippen LogP contribution is -2.38. The average molecular weight is 444 g/mol. The monoisotopic (exact) mass is 443 g/mol. The Morgan fingerprint density at radius 1 is 1.37 bits per heavy atom. The quantitative estimate of drug-likeness (QED) is 0.424. The minimum Gasteiger partial charge on any atom is -0.356 e. The SMILES string of the molecule is CN=C(NCc1cc(F)ccc1Br)NCC(C)C.I. The van der Waals surface area contributed by atoms with Gasteiger partial charge in [-0.1, -0.05) is 29.8 Å². The van der Waals surface area contributed by atoms with Gasteiger partial charge in [0.15, 0.2) is 5.96 Å². The number of rotatable bonds is 4. The normalized spacial score (nSPS) is 11.2. The molecule has 108 valence electrons. The molecule has 0 fully saturated rings. The van der Waals surface area contributed by atoms with E-state index in [0.717, 1.165) is 22.5 Å². The van der Waals surface area contributed by atoms with Gasteiger partial charge in [-0.3, -0.25) is 4.99 Å². The Labute approximate surface area is 139 Å². The Morgan fingerprint density at radius 2 is 2.05 bits per heavy atom. The number of benzene rings is 1. The maximum absolute atomic E-state index is 13.1. The van der Waals surface area contributed by atoms with E-state index in [4.69, 9.17) is 0 Å². The van der Waals surface area contributed by atoms with Crippen molar-refractivity contribution in [1.29, 1.82) is 0 Å². The fourth-order valence-corrected chi connectivity index (χ4v) is 1.77. The number of guanidine groups is 1. The van der Waals surface area contributed by atoms with Crippen LogP contribution in [0.5, 0.6) is 0 Å². The average Bonchev–Trinajstić information content (AvgIpc) is 2.33. The lowest BCUT2D eigenvalue weighted by atomic mass is 10.2. The van der Waals surface area contributed by atoms with Crippen molar-refractivity contribution in [3.8, 4) is 0 Å². The molecule has 0 aliphatic rings. The summed E-state index contributed by atoms with van der Waals surface area (Å²) in [6.45, 7) is 5.63. The molecule has 0 heterocycles. The highest BCUT2D eigenvalue weighted by molar-refractivity contribution is 14.0. The predicted octanol–water partition coefficient (Wildman–Crippen LogP) is 3.53. The van der Waals surface area contributed by atoms with Crippen molar-refractivity contribution in [3.05, 3.63) is 34.1 Å². The van der Waals surface area contributed by atoms with Crippen LogP contribution in [0.4, 0.5) is 4.39 Å². The van der Waals surface area contributed by atoms with Gasteiger partial charge in [0.1, 0.15) is 5.82 Å². The van der Waals surface area contributed by atoms with E-state index in [9.17, 15) is 4.39 Å². The highest BCUT2D eigenvalue weighted by atomic mass is 127. The van der Waals surface area contributed by atoms with Crippen LogP contribution in [0.2, 0.25) is 0 Å². The van der Waals surface area contributed by atoms with Gasteiger partial charge >= 0.3 is 0 Å². The number of hydrogen-bond donors (Lipinski definition) is 2. The molecule has 3 nitrogen and oxygen atoms in total. The fourth-order valence-electron chi connectivity index (χ4n) is 1.38. The maximum atomic E-state index is 13.1. The summed E-state index contributed by atoms with van der Waals surface area (Å²) in [5, 5.41) is 6.35. The summed E-state index contributed by atoms with van der Waals surface area (Å²) in [7, 11) is 1.72. The molecule has 0 saturated heterocycles. The minimum absolute atomic E-state index is 0. The van der Waals surface area contributed by atoms with E-state index in [1.807, 2.05) is 0 Å². The van der Waals surface area contributed by atoms with Crippen LogP contribution >= 0.6 is 39.9 Å². The van der Waals surface area contributed by atoms with Crippen molar-refractivity contribution in [1.82, 2.24) is 10.6 Å². The van der Waals surface area contributed by atoms with E-state index in [2.05, 4.69) is 45.4 Å². The van der Waals surface area contributed by atoms with Gasteiger partial charge in [0.25, 0.3) is 0 Å². The molecule has 0 aliphatic heterocycles. The lowest BCUT2D eigenvalue weighted by molar-refractivity contribution is 0.612. The summed E-state index contributed by atoms with van der Waals surface area (Å²) in [6.07, 6.45) is 0. The Hall–Kier alpha value is -0.370. The molecule has 0 aliphatic carbocycles. The zero-order chi connectivity index (χ0) is 13.5. The molecular formula is C13H20BrFIN3. The van der Waals surface area contributed by atoms with E-state index in [-0.39, 0.29) is 29.8 Å². The standard InChI is InChI=1S/C13H19BrFN3.HI/c1-9(2)7-17-13(16-3)18-8-10-6-11(15)4-5-12(10)14;/h4-6,9H,7-8H2,1-3H3,(H2,16,17,18);1H. The molecule has 0 bridgehead atoms. The van der Waals surface area contributed by atoms with Crippen LogP contribution in [0.1, 0.15) is 19.4 Å². The largest absolute Gasteiger partial charge is 0.356 e. The molecule has 0 saturated carbocycles. The van der Waals surface area contributed by atoms with E-state index in [1.54, 1.807) is 13.1 Å². The molecule has 0 aromatic heterocycles. The second-order valence-electron chi connectivity index (χ2n) is 4.44. The fraction of sp³-hybridized carbons (Fsp3) is 0.462. The first-order chi connectivity index (χ1) is 8.52. The molecule has 19 heavy (non-hydrogen) atoms. The molecule has 0 unspecified atom stereocenters. The smallest absolute Gasteiger partial charge is 0.191 e. The first-order valence-corrected chi connectivity index (χ1v) is 6.70. The molecule has 2 N–H and O–H groups in total. The van der Waals surface area contributed by atoms with Crippen LogP contribution < -0.4 is 10.6 Å². The summed E-state index contributed by atoms with van der Waals surface area (Å²) in [5.41, 5.74) is 0.863. The first kappa shape index (κ1) is 18.6.